The fraction of sp³-hybridized carbons (Fsp3) is 0.500. The van der Waals surface area contributed by atoms with Crippen molar-refractivity contribution in [2.24, 2.45) is 0 Å². The molecule has 17 heavy (non-hydrogen) atoms. The molecule has 1 aliphatic carbocycles. The highest BCUT2D eigenvalue weighted by atomic mass is 16.4. The summed E-state index contributed by atoms with van der Waals surface area (Å²) >= 11 is 0. The normalized spacial score (nSPS) is 19.1. The fourth-order valence-corrected chi connectivity index (χ4v) is 2.53. The van der Waals surface area contributed by atoms with Crippen molar-refractivity contribution >= 4 is 5.97 Å². The number of hydrogen-bond acceptors (Lipinski definition) is 2. The highest BCUT2D eigenvalue weighted by Crippen LogP contribution is 2.34. The number of aromatic carboxylic acids is 1. The molecule has 0 bridgehead atoms. The summed E-state index contributed by atoms with van der Waals surface area (Å²) in [5.41, 5.74) is 2.66. The predicted octanol–water partition coefficient (Wildman–Crippen LogP) is 2.76. The molecule has 2 N–H and O–H groups in total. The van der Waals surface area contributed by atoms with Crippen LogP contribution in [-0.2, 0) is 6.42 Å². The molecule has 2 rings (SSSR count). The number of rotatable bonds is 2. The third-order valence-electron chi connectivity index (χ3n) is 3.11. The van der Waals surface area contributed by atoms with E-state index in [2.05, 4.69) is 26.1 Å². The van der Waals surface area contributed by atoms with Gasteiger partial charge in [0.05, 0.1) is 5.56 Å². The van der Waals surface area contributed by atoms with Crippen LogP contribution in [0.2, 0.25) is 0 Å². The van der Waals surface area contributed by atoms with Crippen molar-refractivity contribution in [2.75, 3.05) is 0 Å². The van der Waals surface area contributed by atoms with Crippen LogP contribution in [0.5, 0.6) is 0 Å². The van der Waals surface area contributed by atoms with Crippen molar-refractivity contribution in [3.05, 3.63) is 34.9 Å². The van der Waals surface area contributed by atoms with E-state index in [1.807, 2.05) is 12.1 Å². The van der Waals surface area contributed by atoms with Gasteiger partial charge in [0.2, 0.25) is 0 Å². The molecule has 1 aromatic rings. The zero-order valence-electron chi connectivity index (χ0n) is 10.6. The highest BCUT2D eigenvalue weighted by molar-refractivity contribution is 5.90. The lowest BCUT2D eigenvalue weighted by molar-refractivity contribution is 0.0696. The molecule has 0 radical (unpaired) electrons. The van der Waals surface area contributed by atoms with Crippen LogP contribution in [0.4, 0.5) is 0 Å². The molecule has 0 aromatic heterocycles. The van der Waals surface area contributed by atoms with Gasteiger partial charge in [-0.05, 0) is 50.8 Å². The minimum Gasteiger partial charge on any atom is -0.478 e. The van der Waals surface area contributed by atoms with Crippen LogP contribution in [-0.4, -0.2) is 16.6 Å². The zero-order valence-corrected chi connectivity index (χ0v) is 10.6. The number of fused-ring (bicyclic) bond motifs is 1. The van der Waals surface area contributed by atoms with Crippen molar-refractivity contribution in [3.63, 3.8) is 0 Å². The second-order valence-corrected chi connectivity index (χ2v) is 5.66. The number of carboxylic acid groups (broad SMARTS) is 1. The SMILES string of the molecule is CC(C)(C)NC1CCc2c(C(=O)O)cccc21. The summed E-state index contributed by atoms with van der Waals surface area (Å²) in [6.45, 7) is 6.39. The molecule has 0 aliphatic heterocycles. The fourth-order valence-electron chi connectivity index (χ4n) is 2.53. The number of nitrogens with one attached hydrogen (secondary N) is 1. The van der Waals surface area contributed by atoms with Gasteiger partial charge in [0, 0.05) is 11.6 Å². The summed E-state index contributed by atoms with van der Waals surface area (Å²) in [6, 6.07) is 5.85. The molecule has 0 heterocycles. The van der Waals surface area contributed by atoms with Crippen LogP contribution < -0.4 is 5.32 Å². The van der Waals surface area contributed by atoms with E-state index in [0.29, 0.717) is 5.56 Å². The molecule has 0 amide bonds. The highest BCUT2D eigenvalue weighted by Gasteiger charge is 2.28. The van der Waals surface area contributed by atoms with Crippen LogP contribution in [0.25, 0.3) is 0 Å². The van der Waals surface area contributed by atoms with Crippen molar-refractivity contribution in [1.29, 1.82) is 0 Å². The maximum atomic E-state index is 11.1. The van der Waals surface area contributed by atoms with Gasteiger partial charge in [0.1, 0.15) is 0 Å². The summed E-state index contributed by atoms with van der Waals surface area (Å²) < 4.78 is 0. The smallest absolute Gasteiger partial charge is 0.335 e. The van der Waals surface area contributed by atoms with E-state index in [4.69, 9.17) is 5.11 Å². The first-order valence-electron chi connectivity index (χ1n) is 6.01. The Labute approximate surface area is 102 Å². The number of benzene rings is 1. The molecule has 1 unspecified atom stereocenters. The Kier molecular flexibility index (Phi) is 2.96. The molecule has 3 nitrogen and oxygen atoms in total. The van der Waals surface area contributed by atoms with Crippen LogP contribution in [0.3, 0.4) is 0 Å². The Morgan fingerprint density at radius 2 is 2.12 bits per heavy atom. The number of carbonyl (C=O) groups is 1. The quantitative estimate of drug-likeness (QED) is 0.825. The van der Waals surface area contributed by atoms with E-state index in [1.165, 1.54) is 0 Å². The van der Waals surface area contributed by atoms with Crippen molar-refractivity contribution < 1.29 is 9.90 Å². The monoisotopic (exact) mass is 233 g/mol. The molecule has 0 spiro atoms. The van der Waals surface area contributed by atoms with E-state index < -0.39 is 5.97 Å². The average Bonchev–Trinajstić information content (AvgIpc) is 2.59. The third-order valence-corrected chi connectivity index (χ3v) is 3.11. The lowest BCUT2D eigenvalue weighted by Gasteiger charge is -2.26. The van der Waals surface area contributed by atoms with Crippen molar-refractivity contribution in [1.82, 2.24) is 5.32 Å². The molecule has 1 atom stereocenters. The molecule has 92 valence electrons. The molecule has 0 saturated carbocycles. The first kappa shape index (κ1) is 12.1. The minimum absolute atomic E-state index is 0.0471. The zero-order chi connectivity index (χ0) is 12.6. The maximum absolute atomic E-state index is 11.1. The second kappa shape index (κ2) is 4.15. The van der Waals surface area contributed by atoms with E-state index in [0.717, 1.165) is 24.0 Å². The molecule has 3 heteroatoms. The molecular formula is C14H19NO2. The lowest BCUT2D eigenvalue weighted by Crippen LogP contribution is -2.38. The van der Waals surface area contributed by atoms with Crippen molar-refractivity contribution in [2.45, 2.75) is 45.2 Å². The van der Waals surface area contributed by atoms with Gasteiger partial charge in [0.15, 0.2) is 0 Å². The predicted molar refractivity (Wildman–Crippen MR) is 67.4 cm³/mol. The summed E-state index contributed by atoms with van der Waals surface area (Å²) in [7, 11) is 0. The largest absolute Gasteiger partial charge is 0.478 e. The van der Waals surface area contributed by atoms with Gasteiger partial charge in [-0.15, -0.1) is 0 Å². The van der Waals surface area contributed by atoms with Gasteiger partial charge in [0.25, 0.3) is 0 Å². The average molecular weight is 233 g/mol. The lowest BCUT2D eigenvalue weighted by atomic mass is 10.0. The summed E-state index contributed by atoms with van der Waals surface area (Å²) in [4.78, 5) is 11.1. The van der Waals surface area contributed by atoms with E-state index in [-0.39, 0.29) is 11.6 Å². The Hall–Kier alpha value is -1.35. The van der Waals surface area contributed by atoms with Gasteiger partial charge in [-0.2, -0.15) is 0 Å². The van der Waals surface area contributed by atoms with Crippen LogP contribution in [0.15, 0.2) is 18.2 Å². The molecular weight excluding hydrogens is 214 g/mol. The first-order chi connectivity index (χ1) is 7.88. The first-order valence-corrected chi connectivity index (χ1v) is 6.01. The van der Waals surface area contributed by atoms with Gasteiger partial charge in [-0.1, -0.05) is 12.1 Å². The van der Waals surface area contributed by atoms with Gasteiger partial charge in [-0.25, -0.2) is 4.79 Å². The Balaban J connectivity index is 2.33. The Morgan fingerprint density at radius 3 is 2.71 bits per heavy atom. The van der Waals surface area contributed by atoms with Crippen molar-refractivity contribution in [3.8, 4) is 0 Å². The minimum atomic E-state index is -0.821. The Bertz CT molecular complexity index is 446. The van der Waals surface area contributed by atoms with Crippen LogP contribution in [0.1, 0.15) is 54.7 Å². The van der Waals surface area contributed by atoms with E-state index in [9.17, 15) is 4.79 Å². The summed E-state index contributed by atoms with van der Waals surface area (Å²) in [6.07, 6.45) is 1.84. The standard InChI is InChI=1S/C14H19NO2/c1-14(2,3)15-12-8-7-9-10(12)5-4-6-11(9)13(16)17/h4-6,12,15H,7-8H2,1-3H3,(H,16,17). The van der Waals surface area contributed by atoms with Crippen LogP contribution >= 0.6 is 0 Å². The van der Waals surface area contributed by atoms with Crippen LogP contribution in [0, 0.1) is 0 Å². The summed E-state index contributed by atoms with van der Waals surface area (Å²) in [5, 5.41) is 12.7. The molecule has 1 aromatic carbocycles. The molecule has 0 fully saturated rings. The number of carboxylic acids is 1. The van der Waals surface area contributed by atoms with Gasteiger partial charge >= 0.3 is 5.97 Å². The van der Waals surface area contributed by atoms with Gasteiger partial charge in [-0.3, -0.25) is 0 Å². The van der Waals surface area contributed by atoms with Gasteiger partial charge < -0.3 is 10.4 Å². The number of hydrogen-bond donors (Lipinski definition) is 2. The van der Waals surface area contributed by atoms with E-state index in [1.54, 1.807) is 6.07 Å². The topological polar surface area (TPSA) is 49.3 Å². The maximum Gasteiger partial charge on any atom is 0.335 e. The Morgan fingerprint density at radius 1 is 1.41 bits per heavy atom. The molecule has 0 saturated heterocycles. The second-order valence-electron chi connectivity index (χ2n) is 5.66. The summed E-state index contributed by atoms with van der Waals surface area (Å²) in [5.74, 6) is -0.821. The molecule has 1 aliphatic rings. The van der Waals surface area contributed by atoms with E-state index >= 15 is 0 Å². The third kappa shape index (κ3) is 2.50.